The van der Waals surface area contributed by atoms with Gasteiger partial charge in [-0.25, -0.2) is 0 Å². The van der Waals surface area contributed by atoms with Crippen molar-refractivity contribution < 1.29 is 31.1 Å². The predicted molar refractivity (Wildman–Crippen MR) is 92.7 cm³/mol. The number of alkyl halides is 6. The molecule has 0 spiro atoms. The van der Waals surface area contributed by atoms with Gasteiger partial charge < -0.3 is 4.74 Å². The van der Waals surface area contributed by atoms with Gasteiger partial charge in [0, 0.05) is 20.9 Å². The number of halogens is 7. The number of pyridine rings is 1. The van der Waals surface area contributed by atoms with Gasteiger partial charge in [-0.2, -0.15) is 26.3 Å². The Hall–Kier alpha value is -1.78. The fraction of sp³-hybridized carbons (Fsp3) is 0.235. The SMILES string of the molecule is FC(F)(F)C/C=C(/c1ccccn1)c1cc(I)ccc1OCC(F)(F)F. The first-order valence-corrected chi connectivity index (χ1v) is 8.31. The number of hydrogen-bond acceptors (Lipinski definition) is 2. The van der Waals surface area contributed by atoms with Gasteiger partial charge in [0.05, 0.1) is 12.1 Å². The molecule has 0 aliphatic carbocycles. The molecule has 1 aromatic carbocycles. The summed E-state index contributed by atoms with van der Waals surface area (Å²) in [5.41, 5.74) is 0.373. The smallest absolute Gasteiger partial charge is 0.422 e. The van der Waals surface area contributed by atoms with E-state index in [0.29, 0.717) is 3.57 Å². The maximum absolute atomic E-state index is 12.7. The van der Waals surface area contributed by atoms with Crippen molar-refractivity contribution >= 4 is 28.2 Å². The van der Waals surface area contributed by atoms with E-state index in [4.69, 9.17) is 4.74 Å². The lowest BCUT2D eigenvalue weighted by Gasteiger charge is -2.16. The third kappa shape index (κ3) is 6.50. The number of ether oxygens (including phenoxy) is 1. The van der Waals surface area contributed by atoms with Crippen LogP contribution >= 0.6 is 22.6 Å². The molecule has 0 N–H and O–H groups in total. The summed E-state index contributed by atoms with van der Waals surface area (Å²) >= 11 is 1.92. The Morgan fingerprint density at radius 1 is 1.04 bits per heavy atom. The summed E-state index contributed by atoms with van der Waals surface area (Å²) in [7, 11) is 0. The van der Waals surface area contributed by atoms with E-state index in [0.717, 1.165) is 6.08 Å². The minimum absolute atomic E-state index is 0.0543. The Morgan fingerprint density at radius 2 is 1.77 bits per heavy atom. The van der Waals surface area contributed by atoms with Gasteiger partial charge in [0.1, 0.15) is 5.75 Å². The Morgan fingerprint density at radius 3 is 2.35 bits per heavy atom. The van der Waals surface area contributed by atoms with Crippen LogP contribution in [-0.2, 0) is 0 Å². The van der Waals surface area contributed by atoms with Gasteiger partial charge in [0.2, 0.25) is 0 Å². The Labute approximate surface area is 159 Å². The predicted octanol–water partition coefficient (Wildman–Crippen LogP) is 6.01. The van der Waals surface area contributed by atoms with Crippen molar-refractivity contribution in [1.82, 2.24) is 4.98 Å². The summed E-state index contributed by atoms with van der Waals surface area (Å²) in [6, 6.07) is 8.91. The fourth-order valence-corrected chi connectivity index (χ4v) is 2.58. The van der Waals surface area contributed by atoms with Gasteiger partial charge in [-0.05, 0) is 52.9 Å². The minimum atomic E-state index is -4.57. The molecule has 2 rings (SSSR count). The average molecular weight is 487 g/mol. The Kier molecular flexibility index (Phi) is 6.53. The highest BCUT2D eigenvalue weighted by Gasteiger charge is 2.30. The average Bonchev–Trinajstić information content (AvgIpc) is 2.53. The molecule has 0 saturated carbocycles. The third-order valence-corrected chi connectivity index (χ3v) is 3.77. The van der Waals surface area contributed by atoms with Gasteiger partial charge >= 0.3 is 12.4 Å². The lowest BCUT2D eigenvalue weighted by atomic mass is 9.99. The van der Waals surface area contributed by atoms with E-state index >= 15 is 0 Å². The zero-order valence-electron chi connectivity index (χ0n) is 13.0. The molecule has 0 amide bonds. The number of nitrogens with zero attached hydrogens (tertiary/aromatic N) is 1. The van der Waals surface area contributed by atoms with Crippen molar-refractivity contribution in [3.8, 4) is 5.75 Å². The van der Waals surface area contributed by atoms with Crippen LogP contribution < -0.4 is 4.74 Å². The summed E-state index contributed by atoms with van der Waals surface area (Å²) in [5, 5.41) is 0. The number of benzene rings is 1. The zero-order valence-corrected chi connectivity index (χ0v) is 15.2. The molecule has 0 saturated heterocycles. The molecule has 0 fully saturated rings. The zero-order chi connectivity index (χ0) is 19.4. The normalized spacial score (nSPS) is 13.0. The van der Waals surface area contributed by atoms with Gasteiger partial charge in [-0.15, -0.1) is 0 Å². The minimum Gasteiger partial charge on any atom is -0.483 e. The summed E-state index contributed by atoms with van der Waals surface area (Å²) in [6.45, 7) is -1.55. The first kappa shape index (κ1) is 20.5. The second kappa shape index (κ2) is 8.28. The van der Waals surface area contributed by atoms with Gasteiger partial charge in [0.15, 0.2) is 6.61 Å². The third-order valence-electron chi connectivity index (χ3n) is 3.10. The second-order valence-electron chi connectivity index (χ2n) is 5.20. The Bertz CT molecular complexity index is 771. The number of hydrogen-bond donors (Lipinski definition) is 0. The molecule has 0 aliphatic rings. The van der Waals surface area contributed by atoms with Crippen LogP contribution in [0.25, 0.3) is 5.57 Å². The molecule has 0 aliphatic heterocycles. The molecule has 1 aromatic heterocycles. The van der Waals surface area contributed by atoms with Crippen molar-refractivity contribution in [3.05, 3.63) is 63.5 Å². The topological polar surface area (TPSA) is 22.1 Å². The monoisotopic (exact) mass is 487 g/mol. The Balaban J connectivity index is 2.51. The fourth-order valence-electron chi connectivity index (χ4n) is 2.09. The molecular weight excluding hydrogens is 475 g/mol. The quantitative estimate of drug-likeness (QED) is 0.381. The van der Waals surface area contributed by atoms with Gasteiger partial charge in [0.25, 0.3) is 0 Å². The number of aromatic nitrogens is 1. The first-order chi connectivity index (χ1) is 12.1. The van der Waals surface area contributed by atoms with Crippen LogP contribution in [0.3, 0.4) is 0 Å². The van der Waals surface area contributed by atoms with Crippen LogP contribution in [0, 0.1) is 3.57 Å². The van der Waals surface area contributed by atoms with E-state index in [1.165, 1.54) is 30.5 Å². The summed E-state index contributed by atoms with van der Waals surface area (Å²) in [6.07, 6.45) is -7.99. The van der Waals surface area contributed by atoms with Crippen LogP contribution in [0.4, 0.5) is 26.3 Å². The molecule has 0 radical (unpaired) electrons. The molecule has 0 atom stereocenters. The van der Waals surface area contributed by atoms with Crippen molar-refractivity contribution in [3.63, 3.8) is 0 Å². The van der Waals surface area contributed by atoms with E-state index < -0.39 is 25.4 Å². The molecule has 26 heavy (non-hydrogen) atoms. The van der Waals surface area contributed by atoms with Gasteiger partial charge in [-0.1, -0.05) is 12.1 Å². The standard InChI is InChI=1S/C17H12F6INO/c18-16(19,20)7-6-12(14-3-1-2-8-25-14)13-9-11(24)4-5-15(13)26-10-17(21,22)23/h1-6,8-9H,7,10H2/b12-6+. The van der Waals surface area contributed by atoms with Crippen LogP contribution in [0.2, 0.25) is 0 Å². The molecule has 9 heteroatoms. The molecule has 0 bridgehead atoms. The van der Waals surface area contributed by atoms with Crippen molar-refractivity contribution in [2.24, 2.45) is 0 Å². The molecule has 1 heterocycles. The van der Waals surface area contributed by atoms with Crippen molar-refractivity contribution in [2.75, 3.05) is 6.61 Å². The van der Waals surface area contributed by atoms with Crippen molar-refractivity contribution in [1.29, 1.82) is 0 Å². The van der Waals surface area contributed by atoms with Crippen molar-refractivity contribution in [2.45, 2.75) is 18.8 Å². The number of allylic oxidation sites excluding steroid dienone is 1. The van der Waals surface area contributed by atoms with E-state index in [2.05, 4.69) is 4.98 Å². The second-order valence-corrected chi connectivity index (χ2v) is 6.44. The van der Waals surface area contributed by atoms with E-state index in [-0.39, 0.29) is 22.6 Å². The maximum atomic E-state index is 12.7. The maximum Gasteiger partial charge on any atom is 0.422 e. The molecule has 2 nitrogen and oxygen atoms in total. The van der Waals surface area contributed by atoms with Crippen LogP contribution in [0.15, 0.2) is 48.7 Å². The molecular formula is C17H12F6INO. The highest BCUT2D eigenvalue weighted by molar-refractivity contribution is 14.1. The van der Waals surface area contributed by atoms with Crippen LogP contribution in [0.5, 0.6) is 5.75 Å². The van der Waals surface area contributed by atoms with E-state index in [1.807, 2.05) is 22.6 Å². The summed E-state index contributed by atoms with van der Waals surface area (Å²) in [5.74, 6) is -0.165. The van der Waals surface area contributed by atoms with Crippen LogP contribution in [-0.4, -0.2) is 23.9 Å². The van der Waals surface area contributed by atoms with E-state index in [1.54, 1.807) is 12.1 Å². The van der Waals surface area contributed by atoms with E-state index in [9.17, 15) is 26.3 Å². The lowest BCUT2D eigenvalue weighted by Crippen LogP contribution is -2.19. The first-order valence-electron chi connectivity index (χ1n) is 7.23. The number of rotatable bonds is 5. The summed E-state index contributed by atoms with van der Waals surface area (Å²) < 4.78 is 80.9. The lowest BCUT2D eigenvalue weighted by molar-refractivity contribution is -0.153. The highest BCUT2D eigenvalue weighted by atomic mass is 127. The molecule has 2 aromatic rings. The largest absolute Gasteiger partial charge is 0.483 e. The van der Waals surface area contributed by atoms with Gasteiger partial charge in [-0.3, -0.25) is 4.98 Å². The molecule has 0 unspecified atom stereocenters. The highest BCUT2D eigenvalue weighted by Crippen LogP contribution is 2.34. The molecule has 140 valence electrons. The van der Waals surface area contributed by atoms with Crippen LogP contribution in [0.1, 0.15) is 17.7 Å². The summed E-state index contributed by atoms with van der Waals surface area (Å²) in [4.78, 5) is 4.02.